The molecule has 0 aliphatic carbocycles. The number of halogens is 1. The van der Waals surface area contributed by atoms with Crippen LogP contribution in [0.2, 0.25) is 0 Å². The summed E-state index contributed by atoms with van der Waals surface area (Å²) >= 11 is 3.50. The molecule has 1 fully saturated rings. The Bertz CT molecular complexity index is 503. The molecule has 2 aromatic heterocycles. The van der Waals surface area contributed by atoms with Gasteiger partial charge in [-0.3, -0.25) is 0 Å². The molecule has 3 rings (SSSR count). The number of hydrogen-bond donors (Lipinski definition) is 0. The van der Waals surface area contributed by atoms with Gasteiger partial charge in [0.25, 0.3) is 0 Å². The lowest BCUT2D eigenvalue weighted by molar-refractivity contribution is 0.0835. The maximum Gasteiger partial charge on any atom is 0.116 e. The van der Waals surface area contributed by atoms with Crippen molar-refractivity contribution in [1.29, 1.82) is 0 Å². The van der Waals surface area contributed by atoms with Gasteiger partial charge in [0.15, 0.2) is 0 Å². The van der Waals surface area contributed by atoms with E-state index in [2.05, 4.69) is 37.6 Å². The number of nitrogens with zero attached hydrogens (tertiary/aromatic N) is 2. The van der Waals surface area contributed by atoms with Crippen LogP contribution in [0.5, 0.6) is 0 Å². The Morgan fingerprint density at radius 1 is 1.31 bits per heavy atom. The summed E-state index contributed by atoms with van der Waals surface area (Å²) in [6.07, 6.45) is 6.18. The van der Waals surface area contributed by atoms with Crippen LogP contribution < -0.4 is 0 Å². The molecule has 0 spiro atoms. The third-order valence-electron chi connectivity index (χ3n) is 3.11. The van der Waals surface area contributed by atoms with Gasteiger partial charge in [-0.1, -0.05) is 0 Å². The molecular weight excluding hydrogens is 268 g/mol. The van der Waals surface area contributed by atoms with Gasteiger partial charge in [0, 0.05) is 29.8 Å². The molecule has 0 amide bonds. The first kappa shape index (κ1) is 10.3. The molecule has 0 saturated carbocycles. The minimum absolute atomic E-state index is 0.533. The second-order valence-corrected chi connectivity index (χ2v) is 5.06. The van der Waals surface area contributed by atoms with Crippen molar-refractivity contribution >= 4 is 21.4 Å². The zero-order chi connectivity index (χ0) is 11.0. The quantitative estimate of drug-likeness (QED) is 0.803. The molecule has 0 atom stereocenters. The number of rotatable bonds is 1. The standard InChI is InChI=1S/C12H13BrN2O/c13-10-1-2-11-7-14-12(15(11)8-10)9-3-5-16-6-4-9/h1-2,7-9H,3-6H2. The van der Waals surface area contributed by atoms with E-state index < -0.39 is 0 Å². The van der Waals surface area contributed by atoms with Crippen molar-refractivity contribution in [3.8, 4) is 0 Å². The second kappa shape index (κ2) is 4.18. The minimum atomic E-state index is 0.533. The molecule has 1 aliphatic heterocycles. The van der Waals surface area contributed by atoms with E-state index in [1.54, 1.807) is 0 Å². The van der Waals surface area contributed by atoms with Crippen LogP contribution in [-0.4, -0.2) is 22.6 Å². The predicted octanol–water partition coefficient (Wildman–Crippen LogP) is 2.99. The van der Waals surface area contributed by atoms with Crippen LogP contribution in [0.3, 0.4) is 0 Å². The summed E-state index contributed by atoms with van der Waals surface area (Å²) in [5.74, 6) is 1.70. The van der Waals surface area contributed by atoms with Crippen LogP contribution in [0.25, 0.3) is 5.52 Å². The highest BCUT2D eigenvalue weighted by Gasteiger charge is 2.20. The Kier molecular flexibility index (Phi) is 2.69. The van der Waals surface area contributed by atoms with Gasteiger partial charge < -0.3 is 9.14 Å². The summed E-state index contributed by atoms with van der Waals surface area (Å²) in [6, 6.07) is 4.13. The van der Waals surface area contributed by atoms with Gasteiger partial charge in [-0.05, 0) is 40.9 Å². The first-order valence-corrected chi connectivity index (χ1v) is 6.34. The third kappa shape index (κ3) is 1.76. The maximum absolute atomic E-state index is 5.39. The SMILES string of the molecule is Brc1ccc2cnc(C3CCOCC3)n2c1. The normalized spacial score (nSPS) is 18.1. The highest BCUT2D eigenvalue weighted by atomic mass is 79.9. The third-order valence-corrected chi connectivity index (χ3v) is 3.58. The van der Waals surface area contributed by atoms with Crippen molar-refractivity contribution < 1.29 is 4.74 Å². The highest BCUT2D eigenvalue weighted by Crippen LogP contribution is 2.27. The summed E-state index contributed by atoms with van der Waals surface area (Å²) in [7, 11) is 0. The lowest BCUT2D eigenvalue weighted by Gasteiger charge is -2.21. The van der Waals surface area contributed by atoms with Crippen molar-refractivity contribution in [1.82, 2.24) is 9.38 Å². The number of imidazole rings is 1. The molecule has 0 aromatic carbocycles. The molecule has 0 radical (unpaired) electrons. The van der Waals surface area contributed by atoms with Gasteiger partial charge in [0.05, 0.1) is 11.7 Å². The lowest BCUT2D eigenvalue weighted by atomic mass is 10.00. The number of ether oxygens (including phenoxy) is 1. The molecule has 0 N–H and O–H groups in total. The van der Waals surface area contributed by atoms with Crippen LogP contribution in [0.15, 0.2) is 29.0 Å². The van der Waals surface area contributed by atoms with Crippen LogP contribution in [0, 0.1) is 0 Å². The number of hydrogen-bond acceptors (Lipinski definition) is 2. The molecule has 1 aliphatic rings. The van der Waals surface area contributed by atoms with Crippen LogP contribution in [0.4, 0.5) is 0 Å². The Labute approximate surface area is 103 Å². The van der Waals surface area contributed by atoms with Crippen molar-refractivity contribution in [2.24, 2.45) is 0 Å². The van der Waals surface area contributed by atoms with Crippen LogP contribution in [-0.2, 0) is 4.74 Å². The number of pyridine rings is 1. The van der Waals surface area contributed by atoms with E-state index in [0.717, 1.165) is 36.0 Å². The molecule has 0 bridgehead atoms. The topological polar surface area (TPSA) is 26.5 Å². The zero-order valence-corrected chi connectivity index (χ0v) is 10.5. The van der Waals surface area contributed by atoms with Gasteiger partial charge >= 0.3 is 0 Å². The Morgan fingerprint density at radius 2 is 2.12 bits per heavy atom. The molecule has 2 aromatic rings. The van der Waals surface area contributed by atoms with E-state index in [9.17, 15) is 0 Å². The first-order chi connectivity index (χ1) is 7.84. The van der Waals surface area contributed by atoms with Gasteiger partial charge in [-0.25, -0.2) is 4.98 Å². The van der Waals surface area contributed by atoms with Gasteiger partial charge in [-0.2, -0.15) is 0 Å². The molecule has 0 unspecified atom stereocenters. The minimum Gasteiger partial charge on any atom is -0.381 e. The van der Waals surface area contributed by atoms with Crippen LogP contribution >= 0.6 is 15.9 Å². The molecule has 84 valence electrons. The summed E-state index contributed by atoms with van der Waals surface area (Å²) in [4.78, 5) is 4.55. The average Bonchev–Trinajstić information content (AvgIpc) is 2.73. The van der Waals surface area contributed by atoms with Gasteiger partial charge in [0.2, 0.25) is 0 Å². The summed E-state index contributed by atoms with van der Waals surface area (Å²) < 4.78 is 8.66. The molecule has 4 heteroatoms. The molecular formula is C12H13BrN2O. The smallest absolute Gasteiger partial charge is 0.116 e. The molecule has 3 heterocycles. The lowest BCUT2D eigenvalue weighted by Crippen LogP contribution is -2.16. The van der Waals surface area contributed by atoms with Crippen molar-refractivity contribution in [3.05, 3.63) is 34.8 Å². The number of aromatic nitrogens is 2. The Balaban J connectivity index is 2.05. The summed E-state index contributed by atoms with van der Waals surface area (Å²) in [6.45, 7) is 1.71. The number of fused-ring (bicyclic) bond motifs is 1. The molecule has 1 saturated heterocycles. The van der Waals surface area contributed by atoms with E-state index in [4.69, 9.17) is 4.74 Å². The van der Waals surface area contributed by atoms with E-state index >= 15 is 0 Å². The second-order valence-electron chi connectivity index (χ2n) is 4.15. The van der Waals surface area contributed by atoms with E-state index in [1.165, 1.54) is 5.82 Å². The fourth-order valence-corrected chi connectivity index (χ4v) is 2.58. The van der Waals surface area contributed by atoms with Crippen molar-refractivity contribution in [3.63, 3.8) is 0 Å². The highest BCUT2D eigenvalue weighted by molar-refractivity contribution is 9.10. The predicted molar refractivity (Wildman–Crippen MR) is 65.7 cm³/mol. The van der Waals surface area contributed by atoms with Gasteiger partial charge in [-0.15, -0.1) is 0 Å². The fraction of sp³-hybridized carbons (Fsp3) is 0.417. The molecule has 3 nitrogen and oxygen atoms in total. The summed E-state index contributed by atoms with van der Waals surface area (Å²) in [5.41, 5.74) is 1.16. The first-order valence-electron chi connectivity index (χ1n) is 5.55. The Hall–Kier alpha value is -0.870. The van der Waals surface area contributed by atoms with E-state index in [1.807, 2.05) is 12.3 Å². The Morgan fingerprint density at radius 3 is 2.94 bits per heavy atom. The van der Waals surface area contributed by atoms with Crippen molar-refractivity contribution in [2.75, 3.05) is 13.2 Å². The monoisotopic (exact) mass is 280 g/mol. The largest absolute Gasteiger partial charge is 0.381 e. The maximum atomic E-state index is 5.39. The van der Waals surface area contributed by atoms with E-state index in [-0.39, 0.29) is 0 Å². The fourth-order valence-electron chi connectivity index (χ4n) is 2.24. The van der Waals surface area contributed by atoms with Gasteiger partial charge in [0.1, 0.15) is 5.82 Å². The zero-order valence-electron chi connectivity index (χ0n) is 8.90. The van der Waals surface area contributed by atoms with E-state index in [0.29, 0.717) is 5.92 Å². The van der Waals surface area contributed by atoms with Crippen LogP contribution in [0.1, 0.15) is 24.6 Å². The molecule has 16 heavy (non-hydrogen) atoms. The van der Waals surface area contributed by atoms with Crippen molar-refractivity contribution in [2.45, 2.75) is 18.8 Å². The average molecular weight is 281 g/mol. The summed E-state index contributed by atoms with van der Waals surface area (Å²) in [5, 5.41) is 0.